The Balaban J connectivity index is 0.00000162. The number of hydrogen-bond donors (Lipinski definition) is 1. The average Bonchev–Trinajstić information content (AvgIpc) is 2.30. The Kier molecular flexibility index (Phi) is 6.34. The van der Waals surface area contributed by atoms with Gasteiger partial charge in [0.1, 0.15) is 0 Å². The van der Waals surface area contributed by atoms with E-state index in [4.69, 9.17) is 4.74 Å². The van der Waals surface area contributed by atoms with Gasteiger partial charge in [-0.25, -0.2) is 8.42 Å². The third-order valence-electron chi connectivity index (χ3n) is 3.47. The Labute approximate surface area is 116 Å². The van der Waals surface area contributed by atoms with E-state index in [1.807, 2.05) is 6.92 Å². The number of nitrogens with zero attached hydrogens (tertiary/aromatic N) is 1. The lowest BCUT2D eigenvalue weighted by molar-refractivity contribution is 0.0296. The molecule has 0 aliphatic carbocycles. The molecule has 0 saturated carbocycles. The predicted octanol–water partition coefficient (Wildman–Crippen LogP) is 0.601. The molecule has 0 bridgehead atoms. The summed E-state index contributed by atoms with van der Waals surface area (Å²) in [7, 11) is -3.16. The highest BCUT2D eigenvalue weighted by Crippen LogP contribution is 2.18. The maximum absolute atomic E-state index is 12.3. The summed E-state index contributed by atoms with van der Waals surface area (Å²) >= 11 is 0. The third-order valence-corrected chi connectivity index (χ3v) is 5.52. The summed E-state index contributed by atoms with van der Waals surface area (Å²) in [6.45, 7) is 4.72. The van der Waals surface area contributed by atoms with Crippen LogP contribution in [-0.2, 0) is 14.8 Å². The highest BCUT2D eigenvalue weighted by atomic mass is 35.5. The Morgan fingerprint density at radius 1 is 1.39 bits per heavy atom. The summed E-state index contributed by atoms with van der Waals surface area (Å²) in [6.07, 6.45) is 2.91. The standard InChI is InChI=1S/C11H22N2O3S.ClH/c1-10-8-12-5-6-13(10)17(14,15)9-11-4-2-3-7-16-11;/h10-12H,2-9H2,1H3;1H/t10-,11?;/m1./s1. The van der Waals surface area contributed by atoms with Crippen molar-refractivity contribution in [1.82, 2.24) is 9.62 Å². The van der Waals surface area contributed by atoms with Crippen LogP contribution >= 0.6 is 12.4 Å². The van der Waals surface area contributed by atoms with Crippen LogP contribution in [-0.4, -0.2) is 56.9 Å². The fourth-order valence-electron chi connectivity index (χ4n) is 2.51. The van der Waals surface area contributed by atoms with Gasteiger partial charge in [0.15, 0.2) is 0 Å². The topological polar surface area (TPSA) is 58.6 Å². The van der Waals surface area contributed by atoms with Crippen LogP contribution in [0.25, 0.3) is 0 Å². The molecule has 2 saturated heterocycles. The number of halogens is 1. The van der Waals surface area contributed by atoms with Crippen molar-refractivity contribution in [2.45, 2.75) is 38.3 Å². The average molecular weight is 299 g/mol. The number of rotatable bonds is 3. The fourth-order valence-corrected chi connectivity index (χ4v) is 4.42. The fraction of sp³-hybridized carbons (Fsp3) is 1.00. The Morgan fingerprint density at radius 2 is 2.17 bits per heavy atom. The first-order valence-corrected chi connectivity index (χ1v) is 8.02. The van der Waals surface area contributed by atoms with Crippen molar-refractivity contribution in [2.24, 2.45) is 0 Å². The van der Waals surface area contributed by atoms with Crippen molar-refractivity contribution >= 4 is 22.4 Å². The summed E-state index contributed by atoms with van der Waals surface area (Å²) < 4.78 is 31.7. The molecular weight excluding hydrogens is 276 g/mol. The SMILES string of the molecule is C[C@@H]1CNCCN1S(=O)(=O)CC1CCCCO1.Cl. The summed E-state index contributed by atoms with van der Waals surface area (Å²) in [5.41, 5.74) is 0. The maximum atomic E-state index is 12.3. The Hall–Kier alpha value is 0.120. The molecule has 1 N–H and O–H groups in total. The number of piperazine rings is 1. The minimum Gasteiger partial charge on any atom is -0.377 e. The largest absolute Gasteiger partial charge is 0.377 e. The normalized spacial score (nSPS) is 30.7. The second kappa shape index (κ2) is 7.05. The van der Waals surface area contributed by atoms with Crippen molar-refractivity contribution in [3.63, 3.8) is 0 Å². The second-order valence-corrected chi connectivity index (χ2v) is 6.90. The van der Waals surface area contributed by atoms with E-state index in [0.29, 0.717) is 13.2 Å². The van der Waals surface area contributed by atoms with E-state index >= 15 is 0 Å². The van der Waals surface area contributed by atoms with Crippen LogP contribution in [0.15, 0.2) is 0 Å². The molecule has 0 aromatic carbocycles. The van der Waals surface area contributed by atoms with Crippen LogP contribution in [0.1, 0.15) is 26.2 Å². The zero-order valence-electron chi connectivity index (χ0n) is 10.8. The van der Waals surface area contributed by atoms with Crippen molar-refractivity contribution in [2.75, 3.05) is 32.0 Å². The molecular formula is C11H23ClN2O3S. The summed E-state index contributed by atoms with van der Waals surface area (Å²) in [6, 6.07) is 0.0531. The molecule has 7 heteroatoms. The van der Waals surface area contributed by atoms with Gasteiger partial charge in [0, 0.05) is 32.3 Å². The molecule has 108 valence electrons. The molecule has 18 heavy (non-hydrogen) atoms. The van der Waals surface area contributed by atoms with Gasteiger partial charge in [-0.05, 0) is 26.2 Å². The molecule has 5 nitrogen and oxygen atoms in total. The first-order valence-electron chi connectivity index (χ1n) is 6.41. The van der Waals surface area contributed by atoms with E-state index in [0.717, 1.165) is 32.4 Å². The zero-order chi connectivity index (χ0) is 12.3. The van der Waals surface area contributed by atoms with Crippen molar-refractivity contribution in [3.8, 4) is 0 Å². The second-order valence-electron chi connectivity index (χ2n) is 4.93. The lowest BCUT2D eigenvalue weighted by atomic mass is 10.1. The molecule has 0 amide bonds. The monoisotopic (exact) mass is 298 g/mol. The Bertz CT molecular complexity index is 344. The number of ether oxygens (including phenoxy) is 1. The minimum atomic E-state index is -3.16. The molecule has 2 heterocycles. The van der Waals surface area contributed by atoms with Gasteiger partial charge in [-0.1, -0.05) is 0 Å². The van der Waals surface area contributed by atoms with Crippen LogP contribution in [0.2, 0.25) is 0 Å². The highest BCUT2D eigenvalue weighted by Gasteiger charge is 2.32. The molecule has 2 fully saturated rings. The van der Waals surface area contributed by atoms with Crippen LogP contribution in [0, 0.1) is 0 Å². The minimum absolute atomic E-state index is 0. The highest BCUT2D eigenvalue weighted by molar-refractivity contribution is 7.89. The maximum Gasteiger partial charge on any atom is 0.216 e. The van der Waals surface area contributed by atoms with Crippen molar-refractivity contribution < 1.29 is 13.2 Å². The van der Waals surface area contributed by atoms with Gasteiger partial charge in [-0.3, -0.25) is 0 Å². The van der Waals surface area contributed by atoms with Gasteiger partial charge < -0.3 is 10.1 Å². The molecule has 2 aliphatic rings. The molecule has 2 atom stereocenters. The van der Waals surface area contributed by atoms with Crippen LogP contribution in [0.4, 0.5) is 0 Å². The molecule has 0 aromatic heterocycles. The summed E-state index contributed by atoms with van der Waals surface area (Å²) in [5.74, 6) is 0.150. The van der Waals surface area contributed by atoms with E-state index in [9.17, 15) is 8.42 Å². The van der Waals surface area contributed by atoms with Crippen molar-refractivity contribution in [3.05, 3.63) is 0 Å². The quantitative estimate of drug-likeness (QED) is 0.829. The first kappa shape index (κ1) is 16.2. The smallest absolute Gasteiger partial charge is 0.216 e. The number of hydrogen-bond acceptors (Lipinski definition) is 4. The van der Waals surface area contributed by atoms with Gasteiger partial charge in [0.25, 0.3) is 0 Å². The van der Waals surface area contributed by atoms with Crippen molar-refractivity contribution in [1.29, 1.82) is 0 Å². The molecule has 0 aromatic rings. The third kappa shape index (κ3) is 4.06. The van der Waals surface area contributed by atoms with Crippen LogP contribution in [0.5, 0.6) is 0 Å². The summed E-state index contributed by atoms with van der Waals surface area (Å²) in [5, 5.41) is 3.20. The molecule has 1 unspecified atom stereocenters. The van der Waals surface area contributed by atoms with E-state index in [1.54, 1.807) is 4.31 Å². The molecule has 0 radical (unpaired) electrons. The summed E-state index contributed by atoms with van der Waals surface area (Å²) in [4.78, 5) is 0. The molecule has 2 rings (SSSR count). The Morgan fingerprint density at radius 3 is 2.78 bits per heavy atom. The zero-order valence-corrected chi connectivity index (χ0v) is 12.4. The first-order chi connectivity index (χ1) is 8.09. The van der Waals surface area contributed by atoms with Gasteiger partial charge in [-0.15, -0.1) is 12.4 Å². The lowest BCUT2D eigenvalue weighted by Crippen LogP contribution is -2.53. The van der Waals surface area contributed by atoms with E-state index in [2.05, 4.69) is 5.32 Å². The van der Waals surface area contributed by atoms with Crippen LogP contribution in [0.3, 0.4) is 0 Å². The van der Waals surface area contributed by atoms with E-state index < -0.39 is 10.0 Å². The molecule has 0 spiro atoms. The van der Waals surface area contributed by atoms with Gasteiger partial charge >= 0.3 is 0 Å². The van der Waals surface area contributed by atoms with Gasteiger partial charge in [0.05, 0.1) is 11.9 Å². The van der Waals surface area contributed by atoms with Gasteiger partial charge in [0.2, 0.25) is 10.0 Å². The number of sulfonamides is 1. The van der Waals surface area contributed by atoms with E-state index in [-0.39, 0.29) is 30.3 Å². The molecule has 2 aliphatic heterocycles. The van der Waals surface area contributed by atoms with Crippen LogP contribution < -0.4 is 5.32 Å². The lowest BCUT2D eigenvalue weighted by Gasteiger charge is -2.34. The van der Waals surface area contributed by atoms with Gasteiger partial charge in [-0.2, -0.15) is 4.31 Å². The van der Waals surface area contributed by atoms with E-state index in [1.165, 1.54) is 0 Å². The predicted molar refractivity (Wildman–Crippen MR) is 73.7 cm³/mol. The number of nitrogens with one attached hydrogen (secondary N) is 1.